The Labute approximate surface area is 216 Å². The van der Waals surface area contributed by atoms with Crippen LogP contribution in [-0.2, 0) is 14.8 Å². The number of nitriles is 1. The standard InChI is InChI=1S/C19H27N5O4S2.C2HF3O2/c1-3-19-22(16(12-20)13-29-19)24-23(28-24)15-6-4-14(5-7-15)21-30(25,26)18-10-8-17(27-2)9-11-18;3-2(4,5)1(6)7/h8-11,14-16,19,21H,3-7,13H2,1-2H3;(H,6,7). The van der Waals surface area contributed by atoms with Crippen molar-refractivity contribution in [1.29, 1.82) is 5.26 Å². The number of hydrogen-bond donors (Lipinski definition) is 2. The maximum Gasteiger partial charge on any atom is 0.490 e. The van der Waals surface area contributed by atoms with E-state index in [-0.39, 0.29) is 28.4 Å². The molecule has 1 aliphatic carbocycles. The van der Waals surface area contributed by atoms with E-state index in [4.69, 9.17) is 19.3 Å². The lowest BCUT2D eigenvalue weighted by Gasteiger charge is -2.27. The Kier molecular flexibility index (Phi) is 9.13. The van der Waals surface area contributed by atoms with E-state index in [1.54, 1.807) is 48.1 Å². The van der Waals surface area contributed by atoms with Crippen LogP contribution in [0.2, 0.25) is 0 Å². The summed E-state index contributed by atoms with van der Waals surface area (Å²) in [5.74, 6) is -1.35. The third-order valence-electron chi connectivity index (χ3n) is 6.00. The number of alkyl halides is 3. The number of ether oxygens (including phenoxy) is 1. The van der Waals surface area contributed by atoms with E-state index in [1.807, 2.05) is 9.86 Å². The van der Waals surface area contributed by atoms with Crippen LogP contribution < -0.4 is 14.5 Å². The number of benzene rings is 1. The Morgan fingerprint density at radius 3 is 2.35 bits per heavy atom. The smallest absolute Gasteiger partial charge is 0.490 e. The zero-order chi connectivity index (χ0) is 27.4. The fourth-order valence-electron chi connectivity index (χ4n) is 4.05. The zero-order valence-electron chi connectivity index (χ0n) is 20.1. The Bertz CT molecular complexity index is 1180. The number of nitrogens with one attached hydrogen (secondary N) is 1. The number of aliphatic carboxylic acids is 1. The molecule has 2 heterocycles. The number of carboxylic acids is 1. The molecule has 0 spiro atoms. The molecule has 37 heavy (non-hydrogen) atoms. The lowest BCUT2D eigenvalue weighted by molar-refractivity contribution is -0.192. The average Bonchev–Trinajstić information content (AvgIpc) is 3.54. The normalized spacial score (nSPS) is 24.3. The second kappa shape index (κ2) is 11.7. The highest BCUT2D eigenvalue weighted by atomic mass is 32.2. The van der Waals surface area contributed by atoms with Crippen LogP contribution in [0.5, 0.6) is 5.75 Å². The maximum absolute atomic E-state index is 12.7. The molecule has 11 nitrogen and oxygen atoms in total. The van der Waals surface area contributed by atoms with Gasteiger partial charge < -0.3 is 9.84 Å². The molecule has 2 unspecified atom stereocenters. The van der Waals surface area contributed by atoms with Crippen LogP contribution in [0.3, 0.4) is 0 Å². The molecule has 1 saturated carbocycles. The van der Waals surface area contributed by atoms with Crippen LogP contribution in [-0.4, -0.2) is 65.8 Å². The molecule has 2 aromatic rings. The Hall–Kier alpha value is -2.77. The number of rotatable bonds is 7. The summed E-state index contributed by atoms with van der Waals surface area (Å²) in [5.41, 5.74) is 0. The molecule has 0 amide bonds. The summed E-state index contributed by atoms with van der Waals surface area (Å²) in [7, 11) is -2.01. The summed E-state index contributed by atoms with van der Waals surface area (Å²) < 4.78 is 70.7. The predicted molar refractivity (Wildman–Crippen MR) is 127 cm³/mol. The van der Waals surface area contributed by atoms with Gasteiger partial charge in [0.05, 0.1) is 29.5 Å². The van der Waals surface area contributed by atoms with Gasteiger partial charge in [0.15, 0.2) is 0 Å². The molecule has 2 aliphatic rings. The molecule has 1 aromatic heterocycles. The highest BCUT2D eigenvalue weighted by molar-refractivity contribution is 8.00. The zero-order valence-corrected chi connectivity index (χ0v) is 21.7. The first kappa shape index (κ1) is 28.8. The average molecular weight is 568 g/mol. The number of aromatic nitrogens is 2. The molecule has 2 fully saturated rings. The quantitative estimate of drug-likeness (QED) is 0.515. The summed E-state index contributed by atoms with van der Waals surface area (Å²) in [6.07, 6.45) is -1.03. The summed E-state index contributed by atoms with van der Waals surface area (Å²) in [6.45, 7) is 2.11. The molecule has 1 saturated heterocycles. The van der Waals surface area contributed by atoms with Crippen LogP contribution in [0.1, 0.15) is 45.1 Å². The molecule has 0 bridgehead atoms. The van der Waals surface area contributed by atoms with Crippen LogP contribution >= 0.6 is 11.8 Å². The van der Waals surface area contributed by atoms with Gasteiger partial charge in [0.1, 0.15) is 11.8 Å². The van der Waals surface area contributed by atoms with Crippen molar-refractivity contribution < 1.29 is 40.9 Å². The van der Waals surface area contributed by atoms with Gasteiger partial charge in [-0.15, -0.1) is 11.8 Å². The lowest BCUT2D eigenvalue weighted by atomic mass is 9.92. The molecule has 4 rings (SSSR count). The van der Waals surface area contributed by atoms with Gasteiger partial charge in [0, 0.05) is 16.8 Å². The van der Waals surface area contributed by atoms with Crippen molar-refractivity contribution >= 4 is 27.8 Å². The first-order chi connectivity index (χ1) is 17.4. The number of nitrogens with zero attached hydrogens (tertiary/aromatic N) is 4. The van der Waals surface area contributed by atoms with Crippen molar-refractivity contribution in [3.63, 3.8) is 0 Å². The first-order valence-electron chi connectivity index (χ1n) is 11.4. The molecule has 1 aromatic carbocycles. The minimum atomic E-state index is -5.08. The van der Waals surface area contributed by atoms with Gasteiger partial charge in [0.25, 0.3) is 0 Å². The van der Waals surface area contributed by atoms with E-state index >= 15 is 0 Å². The summed E-state index contributed by atoms with van der Waals surface area (Å²) in [4.78, 5) is 12.7. The molecule has 206 valence electrons. The van der Waals surface area contributed by atoms with Crippen molar-refractivity contribution in [3.05, 3.63) is 24.3 Å². The maximum atomic E-state index is 12.7. The number of halogens is 3. The van der Waals surface area contributed by atoms with Gasteiger partial charge in [-0.3, -0.25) is 0 Å². The third-order valence-corrected chi connectivity index (χ3v) is 8.98. The van der Waals surface area contributed by atoms with Gasteiger partial charge in [-0.2, -0.15) is 18.4 Å². The van der Waals surface area contributed by atoms with E-state index < -0.39 is 22.2 Å². The molecule has 0 radical (unpaired) electrons. The number of carboxylic acid groups (broad SMARTS) is 1. The van der Waals surface area contributed by atoms with Crippen molar-refractivity contribution in [2.45, 2.75) is 73.6 Å². The third kappa shape index (κ3) is 7.17. The van der Waals surface area contributed by atoms with E-state index in [9.17, 15) is 26.9 Å². The van der Waals surface area contributed by atoms with Crippen LogP contribution in [0.25, 0.3) is 0 Å². The number of thioether (sulfide) groups is 1. The second-order valence-corrected chi connectivity index (χ2v) is 11.4. The van der Waals surface area contributed by atoms with Gasteiger partial charge in [-0.1, -0.05) is 11.8 Å². The highest BCUT2D eigenvalue weighted by Gasteiger charge is 2.41. The van der Waals surface area contributed by atoms with Gasteiger partial charge in [-0.25, -0.2) is 27.6 Å². The summed E-state index contributed by atoms with van der Waals surface area (Å²) >= 11 is 1.78. The summed E-state index contributed by atoms with van der Waals surface area (Å²) in [5, 5.41) is 18.8. The Morgan fingerprint density at radius 1 is 1.27 bits per heavy atom. The monoisotopic (exact) mass is 567 g/mol. The predicted octanol–water partition coefficient (Wildman–Crippen LogP) is 3.30. The summed E-state index contributed by atoms with van der Waals surface area (Å²) in [6, 6.07) is 8.66. The largest absolute Gasteiger partial charge is 0.497 e. The van der Waals surface area contributed by atoms with Crippen molar-refractivity contribution in [2.75, 3.05) is 17.9 Å². The van der Waals surface area contributed by atoms with Crippen molar-refractivity contribution in [2.24, 2.45) is 0 Å². The van der Waals surface area contributed by atoms with Crippen LogP contribution in [0, 0.1) is 11.3 Å². The Morgan fingerprint density at radius 2 is 1.86 bits per heavy atom. The van der Waals surface area contributed by atoms with Crippen molar-refractivity contribution in [1.82, 2.24) is 14.5 Å². The number of methoxy groups -OCH3 is 1. The van der Waals surface area contributed by atoms with Gasteiger partial charge >= 0.3 is 12.1 Å². The molecule has 1 aliphatic heterocycles. The topological polar surface area (TPSA) is 143 Å². The second-order valence-electron chi connectivity index (χ2n) is 8.46. The number of carbonyl (C=O) groups is 1. The van der Waals surface area contributed by atoms with Crippen molar-refractivity contribution in [3.8, 4) is 11.8 Å². The minimum absolute atomic E-state index is 0.0978. The Balaban J connectivity index is 0.000000479. The van der Waals surface area contributed by atoms with Crippen LogP contribution in [0.4, 0.5) is 13.2 Å². The van der Waals surface area contributed by atoms with E-state index in [0.717, 1.165) is 37.9 Å². The lowest BCUT2D eigenvalue weighted by Crippen LogP contribution is -2.43. The fourth-order valence-corrected chi connectivity index (χ4v) is 6.60. The number of hydrogen-bond acceptors (Lipinski definition) is 8. The van der Waals surface area contributed by atoms with Gasteiger partial charge in [-0.05, 0) is 56.4 Å². The molecule has 16 heteroatoms. The van der Waals surface area contributed by atoms with E-state index in [0.29, 0.717) is 5.75 Å². The highest BCUT2D eigenvalue weighted by Crippen LogP contribution is 2.35. The molecular weight excluding hydrogens is 539 g/mol. The van der Waals surface area contributed by atoms with E-state index in [1.165, 1.54) is 0 Å². The number of sulfonamides is 1. The van der Waals surface area contributed by atoms with Crippen LogP contribution in [0.15, 0.2) is 33.8 Å². The molecule has 2 atom stereocenters. The minimum Gasteiger partial charge on any atom is -0.497 e. The fraction of sp³-hybridized carbons (Fsp3) is 0.619. The van der Waals surface area contributed by atoms with E-state index in [2.05, 4.69) is 17.7 Å². The molecule has 2 N–H and O–H groups in total. The first-order valence-corrected chi connectivity index (χ1v) is 14.0. The SMILES string of the molecule is CCC1SCC(C#N)N1n1on1C1CCC(NS(=O)(=O)c2ccc(OC)cc2)CC1.O=C(O)C(F)(F)F. The molecular formula is C21H28F3N5O6S2. The van der Waals surface area contributed by atoms with Gasteiger partial charge in [0.2, 0.25) is 10.0 Å².